The number of H-pyrrole nitrogens is 1. The summed E-state index contributed by atoms with van der Waals surface area (Å²) in [5, 5.41) is 4.63. The molecule has 0 amide bonds. The molecule has 3 aromatic heterocycles. The SMILES string of the molecule is C[C@H](Nc1ncnc2[nH]cnc12)c1cc2cccc(-c3ccccc3)c2nc1-c1ccccc1. The molecule has 1 atom stereocenters. The first-order valence-electron chi connectivity index (χ1n) is 11.2. The number of pyridine rings is 1. The van der Waals surface area contributed by atoms with Crippen LogP contribution < -0.4 is 5.32 Å². The normalized spacial score (nSPS) is 12.1. The molecule has 0 unspecified atom stereocenters. The Balaban J connectivity index is 1.52. The predicted molar refractivity (Wildman–Crippen MR) is 136 cm³/mol. The molecule has 0 spiro atoms. The van der Waals surface area contributed by atoms with Gasteiger partial charge < -0.3 is 10.3 Å². The van der Waals surface area contributed by atoms with Crippen molar-refractivity contribution < 1.29 is 0 Å². The minimum atomic E-state index is -0.0673. The third-order valence-electron chi connectivity index (χ3n) is 6.04. The Labute approximate surface area is 196 Å². The number of rotatable bonds is 5. The highest BCUT2D eigenvalue weighted by Gasteiger charge is 2.18. The third kappa shape index (κ3) is 3.55. The van der Waals surface area contributed by atoms with Gasteiger partial charge in [0.1, 0.15) is 11.8 Å². The molecule has 0 bridgehead atoms. The lowest BCUT2D eigenvalue weighted by molar-refractivity contribution is 0.873. The molecule has 3 heterocycles. The van der Waals surface area contributed by atoms with Crippen molar-refractivity contribution in [3.8, 4) is 22.4 Å². The highest BCUT2D eigenvalue weighted by atomic mass is 15.1. The summed E-state index contributed by atoms with van der Waals surface area (Å²) in [5.74, 6) is 0.691. The van der Waals surface area contributed by atoms with E-state index in [0.717, 1.165) is 44.4 Å². The first-order valence-corrected chi connectivity index (χ1v) is 11.2. The van der Waals surface area contributed by atoms with Gasteiger partial charge in [-0.2, -0.15) is 0 Å². The molecule has 6 aromatic rings. The van der Waals surface area contributed by atoms with Crippen molar-refractivity contribution >= 4 is 27.9 Å². The lowest BCUT2D eigenvalue weighted by Gasteiger charge is -2.20. The van der Waals surface area contributed by atoms with Crippen LogP contribution in [0.4, 0.5) is 5.82 Å². The van der Waals surface area contributed by atoms with Crippen LogP contribution in [0.3, 0.4) is 0 Å². The molecule has 164 valence electrons. The average Bonchev–Trinajstić information content (AvgIpc) is 3.39. The maximum Gasteiger partial charge on any atom is 0.162 e. The van der Waals surface area contributed by atoms with E-state index in [1.807, 2.05) is 24.3 Å². The zero-order valence-corrected chi connectivity index (χ0v) is 18.6. The second-order valence-corrected chi connectivity index (χ2v) is 8.22. The van der Waals surface area contributed by atoms with Crippen LogP contribution in [0.5, 0.6) is 0 Å². The van der Waals surface area contributed by atoms with E-state index in [1.165, 1.54) is 0 Å². The molecule has 6 rings (SSSR count). The number of para-hydroxylation sites is 1. The molecule has 0 saturated heterocycles. The maximum absolute atomic E-state index is 5.24. The second kappa shape index (κ2) is 8.41. The summed E-state index contributed by atoms with van der Waals surface area (Å²) in [7, 11) is 0. The van der Waals surface area contributed by atoms with Crippen LogP contribution >= 0.6 is 0 Å². The van der Waals surface area contributed by atoms with Crippen LogP contribution in [0.1, 0.15) is 18.5 Å². The van der Waals surface area contributed by atoms with Gasteiger partial charge in [-0.15, -0.1) is 0 Å². The highest BCUT2D eigenvalue weighted by molar-refractivity contribution is 5.96. The molecule has 0 radical (unpaired) electrons. The van der Waals surface area contributed by atoms with E-state index in [2.05, 4.69) is 92.8 Å². The fraction of sp³-hybridized carbons (Fsp3) is 0.0714. The average molecular weight is 443 g/mol. The molecule has 0 aliphatic rings. The number of nitrogens with zero attached hydrogens (tertiary/aromatic N) is 4. The zero-order chi connectivity index (χ0) is 22.9. The van der Waals surface area contributed by atoms with Crippen molar-refractivity contribution in [2.24, 2.45) is 0 Å². The Hall–Kier alpha value is -4.58. The van der Waals surface area contributed by atoms with E-state index < -0.39 is 0 Å². The van der Waals surface area contributed by atoms with Gasteiger partial charge in [0.15, 0.2) is 11.5 Å². The Morgan fingerprint density at radius 2 is 1.53 bits per heavy atom. The number of imidazole rings is 1. The predicted octanol–water partition coefficient (Wildman–Crippen LogP) is 6.41. The summed E-state index contributed by atoms with van der Waals surface area (Å²) in [6, 6.07) is 29.2. The first kappa shape index (κ1) is 20.1. The summed E-state index contributed by atoms with van der Waals surface area (Å²) < 4.78 is 0. The maximum atomic E-state index is 5.24. The van der Waals surface area contributed by atoms with Crippen LogP contribution in [0, 0.1) is 0 Å². The molecule has 0 aliphatic carbocycles. The van der Waals surface area contributed by atoms with Crippen molar-refractivity contribution in [1.29, 1.82) is 0 Å². The smallest absolute Gasteiger partial charge is 0.162 e. The van der Waals surface area contributed by atoms with E-state index in [4.69, 9.17) is 4.98 Å². The lowest BCUT2D eigenvalue weighted by Crippen LogP contribution is -2.11. The van der Waals surface area contributed by atoms with E-state index >= 15 is 0 Å². The molecule has 3 aromatic carbocycles. The first-order chi connectivity index (χ1) is 16.8. The number of aromatic amines is 1. The monoisotopic (exact) mass is 442 g/mol. The molecular weight excluding hydrogens is 420 g/mol. The summed E-state index contributed by atoms with van der Waals surface area (Å²) in [6.07, 6.45) is 3.17. The van der Waals surface area contributed by atoms with Gasteiger partial charge in [-0.3, -0.25) is 0 Å². The van der Waals surface area contributed by atoms with Crippen molar-refractivity contribution in [1.82, 2.24) is 24.9 Å². The molecule has 0 saturated carbocycles. The highest BCUT2D eigenvalue weighted by Crippen LogP contribution is 2.35. The number of aromatic nitrogens is 5. The molecule has 0 fully saturated rings. The van der Waals surface area contributed by atoms with E-state index in [9.17, 15) is 0 Å². The Morgan fingerprint density at radius 3 is 2.32 bits per heavy atom. The Bertz CT molecular complexity index is 1590. The number of fused-ring (bicyclic) bond motifs is 2. The van der Waals surface area contributed by atoms with E-state index in [-0.39, 0.29) is 6.04 Å². The molecule has 6 heteroatoms. The van der Waals surface area contributed by atoms with Gasteiger partial charge in [0, 0.05) is 22.1 Å². The van der Waals surface area contributed by atoms with Gasteiger partial charge in [-0.05, 0) is 18.6 Å². The van der Waals surface area contributed by atoms with Gasteiger partial charge in [0.2, 0.25) is 0 Å². The number of hydrogen-bond acceptors (Lipinski definition) is 5. The molecule has 6 nitrogen and oxygen atoms in total. The van der Waals surface area contributed by atoms with Crippen molar-refractivity contribution in [2.45, 2.75) is 13.0 Å². The summed E-state index contributed by atoms with van der Waals surface area (Å²) in [6.45, 7) is 2.12. The van der Waals surface area contributed by atoms with Gasteiger partial charge in [-0.1, -0.05) is 78.9 Å². The summed E-state index contributed by atoms with van der Waals surface area (Å²) in [5.41, 5.74) is 7.79. The quantitative estimate of drug-likeness (QED) is 0.323. The summed E-state index contributed by atoms with van der Waals surface area (Å²) in [4.78, 5) is 21.3. The van der Waals surface area contributed by atoms with Crippen LogP contribution in [-0.2, 0) is 0 Å². The van der Waals surface area contributed by atoms with Gasteiger partial charge in [-0.25, -0.2) is 19.9 Å². The number of nitrogens with one attached hydrogen (secondary N) is 2. The van der Waals surface area contributed by atoms with Crippen molar-refractivity contribution in [2.75, 3.05) is 5.32 Å². The Morgan fingerprint density at radius 1 is 0.765 bits per heavy atom. The van der Waals surface area contributed by atoms with Gasteiger partial charge in [0.25, 0.3) is 0 Å². The number of hydrogen-bond donors (Lipinski definition) is 2. The minimum absolute atomic E-state index is 0.0673. The molecule has 34 heavy (non-hydrogen) atoms. The molecule has 2 N–H and O–H groups in total. The van der Waals surface area contributed by atoms with Crippen LogP contribution in [0.25, 0.3) is 44.5 Å². The minimum Gasteiger partial charge on any atom is -0.362 e. The fourth-order valence-electron chi connectivity index (χ4n) is 4.38. The topological polar surface area (TPSA) is 79.4 Å². The zero-order valence-electron chi connectivity index (χ0n) is 18.6. The standard InChI is InChI=1S/C28H22N6/c1-18(33-28-26-27(30-16-29-26)31-17-32-28)23-15-21-13-8-14-22(19-9-4-2-5-10-19)25(21)34-24(23)20-11-6-3-7-12-20/h2-18H,1H3,(H2,29,30,31,32,33)/t18-/m0/s1. The third-order valence-corrected chi connectivity index (χ3v) is 6.04. The second-order valence-electron chi connectivity index (χ2n) is 8.22. The van der Waals surface area contributed by atoms with E-state index in [1.54, 1.807) is 12.7 Å². The van der Waals surface area contributed by atoms with Crippen LogP contribution in [-0.4, -0.2) is 24.9 Å². The number of benzene rings is 3. The van der Waals surface area contributed by atoms with Crippen molar-refractivity contribution in [3.05, 3.63) is 103 Å². The fourth-order valence-corrected chi connectivity index (χ4v) is 4.38. The van der Waals surface area contributed by atoms with Crippen LogP contribution in [0.2, 0.25) is 0 Å². The van der Waals surface area contributed by atoms with E-state index in [0.29, 0.717) is 11.5 Å². The van der Waals surface area contributed by atoms with Gasteiger partial charge in [0.05, 0.1) is 23.6 Å². The van der Waals surface area contributed by atoms with Crippen molar-refractivity contribution in [3.63, 3.8) is 0 Å². The molecular formula is C28H22N6. The Kier molecular flexibility index (Phi) is 4.96. The summed E-state index contributed by atoms with van der Waals surface area (Å²) >= 11 is 0. The van der Waals surface area contributed by atoms with Crippen LogP contribution in [0.15, 0.2) is 97.6 Å². The number of anilines is 1. The van der Waals surface area contributed by atoms with Gasteiger partial charge >= 0.3 is 0 Å². The largest absolute Gasteiger partial charge is 0.362 e. The molecule has 0 aliphatic heterocycles. The lowest BCUT2D eigenvalue weighted by atomic mass is 9.95.